The van der Waals surface area contributed by atoms with E-state index >= 15 is 0 Å². The molecular formula is C18H18N2O. The molecule has 1 heterocycles. The number of benzene rings is 2. The van der Waals surface area contributed by atoms with Gasteiger partial charge in [0.1, 0.15) is 11.9 Å². The molecule has 3 rings (SSSR count). The van der Waals surface area contributed by atoms with Crippen LogP contribution in [-0.2, 0) is 0 Å². The molecule has 0 radical (unpaired) electrons. The van der Waals surface area contributed by atoms with Gasteiger partial charge in [-0.2, -0.15) is 5.26 Å². The third-order valence-corrected chi connectivity index (χ3v) is 3.78. The van der Waals surface area contributed by atoms with Crippen LogP contribution in [0, 0.1) is 18.3 Å². The number of nitriles is 1. The van der Waals surface area contributed by atoms with Gasteiger partial charge in [0.15, 0.2) is 0 Å². The summed E-state index contributed by atoms with van der Waals surface area (Å²) in [5, 5.41) is 8.86. The Hall–Kier alpha value is -2.47. The van der Waals surface area contributed by atoms with Crippen LogP contribution in [0.1, 0.15) is 23.7 Å². The van der Waals surface area contributed by atoms with Crippen molar-refractivity contribution in [2.24, 2.45) is 0 Å². The minimum Gasteiger partial charge on any atom is -0.482 e. The fraction of sp³-hybridized carbons (Fsp3) is 0.278. The van der Waals surface area contributed by atoms with Crippen LogP contribution in [0.3, 0.4) is 0 Å². The summed E-state index contributed by atoms with van der Waals surface area (Å²) in [4.78, 5) is 2.25. The maximum atomic E-state index is 8.86. The first kappa shape index (κ1) is 13.5. The van der Waals surface area contributed by atoms with Crippen molar-refractivity contribution in [1.82, 2.24) is 0 Å². The van der Waals surface area contributed by atoms with E-state index in [0.29, 0.717) is 6.42 Å². The average molecular weight is 278 g/mol. The van der Waals surface area contributed by atoms with Crippen LogP contribution >= 0.6 is 0 Å². The normalized spacial score (nSPS) is 16.8. The Morgan fingerprint density at radius 1 is 1.24 bits per heavy atom. The van der Waals surface area contributed by atoms with Crippen LogP contribution in [0.5, 0.6) is 5.75 Å². The van der Waals surface area contributed by atoms with Crippen LogP contribution in [0.4, 0.5) is 5.69 Å². The van der Waals surface area contributed by atoms with Crippen molar-refractivity contribution in [3.05, 3.63) is 59.7 Å². The Bertz CT molecular complexity index is 661. The van der Waals surface area contributed by atoms with Crippen molar-refractivity contribution >= 4 is 5.69 Å². The molecule has 2 aromatic carbocycles. The van der Waals surface area contributed by atoms with Gasteiger partial charge in [-0.05, 0) is 30.2 Å². The van der Waals surface area contributed by atoms with Crippen molar-refractivity contribution in [2.45, 2.75) is 19.4 Å². The number of aryl methyl sites for hydroxylation is 1. The monoisotopic (exact) mass is 278 g/mol. The van der Waals surface area contributed by atoms with Crippen LogP contribution in [0.25, 0.3) is 0 Å². The van der Waals surface area contributed by atoms with Gasteiger partial charge < -0.3 is 9.64 Å². The molecular weight excluding hydrogens is 260 g/mol. The first-order chi connectivity index (χ1) is 10.3. The molecule has 1 unspecified atom stereocenters. The van der Waals surface area contributed by atoms with Gasteiger partial charge in [-0.25, -0.2) is 0 Å². The van der Waals surface area contributed by atoms with Gasteiger partial charge >= 0.3 is 0 Å². The Morgan fingerprint density at radius 2 is 2.05 bits per heavy atom. The summed E-state index contributed by atoms with van der Waals surface area (Å²) < 4.78 is 6.18. The van der Waals surface area contributed by atoms with Gasteiger partial charge in [-0.3, -0.25) is 0 Å². The van der Waals surface area contributed by atoms with Gasteiger partial charge in [-0.1, -0.05) is 36.4 Å². The molecule has 3 heteroatoms. The lowest BCUT2D eigenvalue weighted by Crippen LogP contribution is -2.35. The summed E-state index contributed by atoms with van der Waals surface area (Å²) in [5.41, 5.74) is 3.44. The van der Waals surface area contributed by atoms with E-state index in [2.05, 4.69) is 48.2 Å². The van der Waals surface area contributed by atoms with Crippen molar-refractivity contribution in [2.75, 3.05) is 18.0 Å². The molecule has 0 fully saturated rings. The number of fused-ring (bicyclic) bond motifs is 1. The summed E-state index contributed by atoms with van der Waals surface area (Å²) in [6, 6.07) is 18.7. The minimum absolute atomic E-state index is 0.0131. The lowest BCUT2D eigenvalue weighted by molar-refractivity contribution is 0.197. The van der Waals surface area contributed by atoms with E-state index in [9.17, 15) is 0 Å². The molecule has 1 aliphatic rings. The maximum absolute atomic E-state index is 8.86. The highest BCUT2D eigenvalue weighted by Gasteiger charge is 2.26. The lowest BCUT2D eigenvalue weighted by atomic mass is 10.1. The zero-order valence-corrected chi connectivity index (χ0v) is 12.1. The van der Waals surface area contributed by atoms with Crippen molar-refractivity contribution in [3.8, 4) is 11.8 Å². The fourth-order valence-electron chi connectivity index (χ4n) is 2.70. The van der Waals surface area contributed by atoms with Gasteiger partial charge in [-0.15, -0.1) is 0 Å². The second kappa shape index (κ2) is 5.88. The maximum Gasteiger partial charge on any atom is 0.143 e. The standard InChI is InChI=1S/C18H18N2O/c1-14-8-9-16-17(12-14)21-18(13-20(16)11-5-10-19)15-6-3-2-4-7-15/h2-4,6-9,12,18H,5,11,13H2,1H3. The van der Waals surface area contributed by atoms with E-state index in [1.165, 1.54) is 11.1 Å². The molecule has 3 nitrogen and oxygen atoms in total. The summed E-state index contributed by atoms with van der Waals surface area (Å²) in [5.74, 6) is 0.910. The fourth-order valence-corrected chi connectivity index (χ4v) is 2.70. The summed E-state index contributed by atoms with van der Waals surface area (Å²) in [7, 11) is 0. The molecule has 0 aromatic heterocycles. The first-order valence-electron chi connectivity index (χ1n) is 7.22. The zero-order chi connectivity index (χ0) is 14.7. The molecule has 0 aliphatic carbocycles. The largest absolute Gasteiger partial charge is 0.482 e. The molecule has 1 aliphatic heterocycles. The molecule has 21 heavy (non-hydrogen) atoms. The molecule has 1 atom stereocenters. The van der Waals surface area contributed by atoms with E-state index in [1.807, 2.05) is 18.2 Å². The highest BCUT2D eigenvalue weighted by Crippen LogP contribution is 2.38. The van der Waals surface area contributed by atoms with Crippen LogP contribution in [-0.4, -0.2) is 13.1 Å². The quantitative estimate of drug-likeness (QED) is 0.855. The highest BCUT2D eigenvalue weighted by molar-refractivity contribution is 5.61. The molecule has 2 aromatic rings. The van der Waals surface area contributed by atoms with Gasteiger partial charge in [0.05, 0.1) is 24.7 Å². The number of hydrogen-bond acceptors (Lipinski definition) is 3. The molecule has 0 saturated carbocycles. The van der Waals surface area contributed by atoms with Crippen molar-refractivity contribution in [1.29, 1.82) is 5.26 Å². The molecule has 106 valence electrons. The first-order valence-corrected chi connectivity index (χ1v) is 7.22. The third-order valence-electron chi connectivity index (χ3n) is 3.78. The minimum atomic E-state index is 0.0131. The Labute approximate surface area is 125 Å². The molecule has 0 saturated heterocycles. The molecule has 0 bridgehead atoms. The van der Waals surface area contributed by atoms with E-state index in [1.54, 1.807) is 0 Å². The number of nitrogens with zero attached hydrogens (tertiary/aromatic N) is 2. The SMILES string of the molecule is Cc1ccc2c(c1)OC(c1ccccc1)CN2CCC#N. The Balaban J connectivity index is 1.93. The van der Waals surface area contributed by atoms with Crippen LogP contribution in [0.2, 0.25) is 0 Å². The van der Waals surface area contributed by atoms with E-state index in [-0.39, 0.29) is 6.10 Å². The van der Waals surface area contributed by atoms with Gasteiger partial charge in [0, 0.05) is 6.54 Å². The number of ether oxygens (including phenoxy) is 1. The number of rotatable bonds is 3. The predicted molar refractivity (Wildman–Crippen MR) is 83.4 cm³/mol. The van der Waals surface area contributed by atoms with Crippen LogP contribution in [0.15, 0.2) is 48.5 Å². The third kappa shape index (κ3) is 2.85. The zero-order valence-electron chi connectivity index (χ0n) is 12.1. The van der Waals surface area contributed by atoms with Crippen molar-refractivity contribution in [3.63, 3.8) is 0 Å². The molecule has 0 spiro atoms. The Morgan fingerprint density at radius 3 is 2.81 bits per heavy atom. The number of anilines is 1. The Kier molecular flexibility index (Phi) is 3.79. The van der Waals surface area contributed by atoms with E-state index < -0.39 is 0 Å². The highest BCUT2D eigenvalue weighted by atomic mass is 16.5. The second-order valence-corrected chi connectivity index (χ2v) is 5.34. The summed E-state index contributed by atoms with van der Waals surface area (Å²) >= 11 is 0. The summed E-state index contributed by atoms with van der Waals surface area (Å²) in [6.07, 6.45) is 0.536. The molecule has 0 amide bonds. The lowest BCUT2D eigenvalue weighted by Gasteiger charge is -2.36. The second-order valence-electron chi connectivity index (χ2n) is 5.34. The average Bonchev–Trinajstić information content (AvgIpc) is 2.52. The predicted octanol–water partition coefficient (Wildman–Crippen LogP) is 3.85. The smallest absolute Gasteiger partial charge is 0.143 e. The van der Waals surface area contributed by atoms with E-state index in [4.69, 9.17) is 10.00 Å². The van der Waals surface area contributed by atoms with E-state index in [0.717, 1.165) is 24.5 Å². The van der Waals surface area contributed by atoms with Crippen molar-refractivity contribution < 1.29 is 4.74 Å². The van der Waals surface area contributed by atoms with Gasteiger partial charge in [0.2, 0.25) is 0 Å². The number of hydrogen-bond donors (Lipinski definition) is 0. The van der Waals surface area contributed by atoms with Crippen LogP contribution < -0.4 is 9.64 Å². The summed E-state index contributed by atoms with van der Waals surface area (Å²) in [6.45, 7) is 3.58. The topological polar surface area (TPSA) is 36.3 Å². The van der Waals surface area contributed by atoms with Gasteiger partial charge in [0.25, 0.3) is 0 Å². The molecule has 0 N–H and O–H groups in total.